The average molecular weight is 157 g/mol. The van der Waals surface area contributed by atoms with Gasteiger partial charge in [0.15, 0.2) is 0 Å². The summed E-state index contributed by atoms with van der Waals surface area (Å²) in [6.07, 6.45) is 3.89. The normalized spacial score (nSPS) is 16.9. The van der Waals surface area contributed by atoms with Crippen molar-refractivity contribution in [3.05, 3.63) is 0 Å². The first kappa shape index (κ1) is 11.0. The van der Waals surface area contributed by atoms with Crippen LogP contribution in [0.4, 0.5) is 0 Å². The van der Waals surface area contributed by atoms with Crippen molar-refractivity contribution in [3.8, 4) is 0 Å². The lowest BCUT2D eigenvalue weighted by Crippen LogP contribution is -2.25. The Morgan fingerprint density at radius 1 is 1.09 bits per heavy atom. The van der Waals surface area contributed by atoms with Crippen LogP contribution in [0.25, 0.3) is 0 Å². The van der Waals surface area contributed by atoms with E-state index >= 15 is 0 Å². The number of hydrogen-bond acceptors (Lipinski definition) is 1. The molecule has 0 aromatic heterocycles. The number of rotatable bonds is 5. The largest absolute Gasteiger partial charge is 0.328 e. The van der Waals surface area contributed by atoms with Crippen LogP contribution in [0, 0.1) is 11.8 Å². The van der Waals surface area contributed by atoms with Crippen molar-refractivity contribution in [3.63, 3.8) is 0 Å². The summed E-state index contributed by atoms with van der Waals surface area (Å²) < 4.78 is 0. The first-order valence-electron chi connectivity index (χ1n) is 4.87. The molecular formula is C10H23N. The molecule has 0 aromatic rings. The molecule has 2 unspecified atom stereocenters. The van der Waals surface area contributed by atoms with Gasteiger partial charge in [-0.05, 0) is 25.2 Å². The van der Waals surface area contributed by atoms with Crippen molar-refractivity contribution in [2.45, 2.75) is 53.0 Å². The van der Waals surface area contributed by atoms with Gasteiger partial charge in [0.2, 0.25) is 0 Å². The van der Waals surface area contributed by atoms with Gasteiger partial charge in [-0.25, -0.2) is 0 Å². The van der Waals surface area contributed by atoms with E-state index in [-0.39, 0.29) is 0 Å². The Hall–Kier alpha value is -0.0400. The van der Waals surface area contributed by atoms with Gasteiger partial charge in [0, 0.05) is 6.04 Å². The highest BCUT2D eigenvalue weighted by atomic mass is 14.6. The maximum Gasteiger partial charge on any atom is 0.00362 e. The monoisotopic (exact) mass is 157 g/mol. The van der Waals surface area contributed by atoms with Crippen LogP contribution in [-0.4, -0.2) is 6.04 Å². The Morgan fingerprint density at radius 2 is 1.55 bits per heavy atom. The molecule has 2 atom stereocenters. The maximum absolute atomic E-state index is 5.79. The van der Waals surface area contributed by atoms with Crippen LogP contribution in [0.1, 0.15) is 47.0 Å². The van der Waals surface area contributed by atoms with Crippen LogP contribution in [0.15, 0.2) is 0 Å². The Morgan fingerprint density at radius 3 is 1.82 bits per heavy atom. The highest BCUT2D eigenvalue weighted by Crippen LogP contribution is 2.19. The van der Waals surface area contributed by atoms with Gasteiger partial charge in [-0.2, -0.15) is 0 Å². The lowest BCUT2D eigenvalue weighted by molar-refractivity contribution is 0.339. The smallest absolute Gasteiger partial charge is 0.00362 e. The molecule has 11 heavy (non-hydrogen) atoms. The van der Waals surface area contributed by atoms with E-state index in [0.29, 0.717) is 12.0 Å². The number of hydrogen-bond donors (Lipinski definition) is 1. The quantitative estimate of drug-likeness (QED) is 0.652. The fraction of sp³-hybridized carbons (Fsp3) is 1.00. The third kappa shape index (κ3) is 4.41. The first-order chi connectivity index (χ1) is 5.11. The van der Waals surface area contributed by atoms with E-state index in [1.54, 1.807) is 0 Å². The molecule has 1 heteroatoms. The third-order valence-electron chi connectivity index (χ3n) is 2.76. The standard InChI is InChI=1S/C10H23N/c1-5-10(6-2)7-8(3)9(4)11/h8-10H,5-7,11H2,1-4H3. The molecule has 0 aliphatic heterocycles. The van der Waals surface area contributed by atoms with Crippen molar-refractivity contribution in [2.75, 3.05) is 0 Å². The fourth-order valence-corrected chi connectivity index (χ4v) is 1.36. The molecule has 0 amide bonds. The first-order valence-corrected chi connectivity index (χ1v) is 4.87. The van der Waals surface area contributed by atoms with Crippen molar-refractivity contribution in [1.82, 2.24) is 0 Å². The fourth-order valence-electron chi connectivity index (χ4n) is 1.36. The van der Waals surface area contributed by atoms with Gasteiger partial charge < -0.3 is 5.73 Å². The van der Waals surface area contributed by atoms with Crippen LogP contribution in [0.5, 0.6) is 0 Å². The second kappa shape index (κ2) is 5.59. The summed E-state index contributed by atoms with van der Waals surface area (Å²) in [5, 5.41) is 0. The van der Waals surface area contributed by atoms with Gasteiger partial charge in [0.25, 0.3) is 0 Å². The van der Waals surface area contributed by atoms with E-state index in [9.17, 15) is 0 Å². The van der Waals surface area contributed by atoms with Crippen LogP contribution >= 0.6 is 0 Å². The highest BCUT2D eigenvalue weighted by molar-refractivity contribution is 4.67. The Balaban J connectivity index is 3.62. The summed E-state index contributed by atoms with van der Waals surface area (Å²) in [4.78, 5) is 0. The number of nitrogens with two attached hydrogens (primary N) is 1. The molecule has 0 aliphatic rings. The van der Waals surface area contributed by atoms with Crippen molar-refractivity contribution in [1.29, 1.82) is 0 Å². The molecule has 0 radical (unpaired) electrons. The van der Waals surface area contributed by atoms with E-state index < -0.39 is 0 Å². The molecule has 0 fully saturated rings. The minimum atomic E-state index is 0.357. The lowest BCUT2D eigenvalue weighted by atomic mass is 9.88. The van der Waals surface area contributed by atoms with Gasteiger partial charge in [0.05, 0.1) is 0 Å². The average Bonchev–Trinajstić information content (AvgIpc) is 1.99. The van der Waals surface area contributed by atoms with Gasteiger partial charge in [-0.1, -0.05) is 33.6 Å². The van der Waals surface area contributed by atoms with Crippen LogP contribution in [-0.2, 0) is 0 Å². The molecular weight excluding hydrogens is 134 g/mol. The van der Waals surface area contributed by atoms with Gasteiger partial charge >= 0.3 is 0 Å². The SMILES string of the molecule is CCC(CC)CC(C)C(C)N. The molecule has 0 aromatic carbocycles. The summed E-state index contributed by atoms with van der Waals surface area (Å²) in [5.41, 5.74) is 5.79. The zero-order valence-corrected chi connectivity index (χ0v) is 8.43. The molecule has 0 bridgehead atoms. The van der Waals surface area contributed by atoms with E-state index in [1.165, 1.54) is 19.3 Å². The summed E-state index contributed by atoms with van der Waals surface area (Å²) in [6, 6.07) is 0.357. The van der Waals surface area contributed by atoms with E-state index in [0.717, 1.165) is 5.92 Å². The molecule has 1 nitrogen and oxygen atoms in total. The molecule has 0 aliphatic carbocycles. The zero-order chi connectivity index (χ0) is 8.85. The molecule has 68 valence electrons. The Labute approximate surface area is 71.4 Å². The Bertz CT molecular complexity index is 84.9. The predicted molar refractivity (Wildman–Crippen MR) is 51.5 cm³/mol. The minimum Gasteiger partial charge on any atom is -0.328 e. The van der Waals surface area contributed by atoms with Gasteiger partial charge in [0.1, 0.15) is 0 Å². The third-order valence-corrected chi connectivity index (χ3v) is 2.76. The van der Waals surface area contributed by atoms with E-state index in [4.69, 9.17) is 5.73 Å². The van der Waals surface area contributed by atoms with Crippen LogP contribution < -0.4 is 5.73 Å². The lowest BCUT2D eigenvalue weighted by Gasteiger charge is -2.20. The zero-order valence-electron chi connectivity index (χ0n) is 8.43. The second-order valence-electron chi connectivity index (χ2n) is 3.75. The van der Waals surface area contributed by atoms with Crippen molar-refractivity contribution < 1.29 is 0 Å². The van der Waals surface area contributed by atoms with Crippen LogP contribution in [0.3, 0.4) is 0 Å². The minimum absolute atomic E-state index is 0.357. The van der Waals surface area contributed by atoms with Crippen molar-refractivity contribution >= 4 is 0 Å². The summed E-state index contributed by atoms with van der Waals surface area (Å²) >= 11 is 0. The highest BCUT2D eigenvalue weighted by Gasteiger charge is 2.12. The molecule has 0 heterocycles. The Kier molecular flexibility index (Phi) is 5.57. The van der Waals surface area contributed by atoms with E-state index in [2.05, 4.69) is 27.7 Å². The molecule has 0 saturated heterocycles. The molecule has 0 spiro atoms. The van der Waals surface area contributed by atoms with Gasteiger partial charge in [-0.15, -0.1) is 0 Å². The summed E-state index contributed by atoms with van der Waals surface area (Å²) in [6.45, 7) is 8.89. The van der Waals surface area contributed by atoms with Crippen molar-refractivity contribution in [2.24, 2.45) is 17.6 Å². The topological polar surface area (TPSA) is 26.0 Å². The predicted octanol–water partition coefficient (Wildman–Crippen LogP) is 2.80. The molecule has 0 rings (SSSR count). The maximum atomic E-state index is 5.79. The summed E-state index contributed by atoms with van der Waals surface area (Å²) in [7, 11) is 0. The summed E-state index contributed by atoms with van der Waals surface area (Å²) in [5.74, 6) is 1.57. The van der Waals surface area contributed by atoms with Gasteiger partial charge in [-0.3, -0.25) is 0 Å². The van der Waals surface area contributed by atoms with E-state index in [1.807, 2.05) is 0 Å². The second-order valence-corrected chi connectivity index (χ2v) is 3.75. The molecule has 0 saturated carbocycles. The van der Waals surface area contributed by atoms with Crippen LogP contribution in [0.2, 0.25) is 0 Å². The molecule has 2 N–H and O–H groups in total.